The van der Waals surface area contributed by atoms with Crippen LogP contribution in [0.25, 0.3) is 5.57 Å². The topological polar surface area (TPSA) is 16.1 Å². The molecule has 0 N–H and O–H groups in total. The maximum Gasteiger partial charge on any atom is 0.0696 e. The fourth-order valence-electron chi connectivity index (χ4n) is 4.66. The highest BCUT2D eigenvalue weighted by molar-refractivity contribution is 5.71. The van der Waals surface area contributed by atoms with Crippen molar-refractivity contribution in [3.05, 3.63) is 65.5 Å². The van der Waals surface area contributed by atoms with Gasteiger partial charge < -0.3 is 4.90 Å². The number of benzene rings is 1. The molecular formula is C26H34N2. The number of rotatable bonds is 10. The molecule has 1 heterocycles. The van der Waals surface area contributed by atoms with Gasteiger partial charge in [0.05, 0.1) is 5.69 Å². The molecule has 0 spiro atoms. The number of anilines is 1. The van der Waals surface area contributed by atoms with Crippen molar-refractivity contribution < 1.29 is 0 Å². The van der Waals surface area contributed by atoms with Gasteiger partial charge in [0.25, 0.3) is 0 Å². The summed E-state index contributed by atoms with van der Waals surface area (Å²) >= 11 is 0. The Bertz CT molecular complexity index is 801. The fourth-order valence-corrected chi connectivity index (χ4v) is 4.66. The van der Waals surface area contributed by atoms with Crippen LogP contribution in [0.5, 0.6) is 0 Å². The molecule has 1 aromatic heterocycles. The van der Waals surface area contributed by atoms with Crippen molar-refractivity contribution >= 4 is 11.3 Å². The fraction of sp³-hybridized carbons (Fsp3) is 0.500. The first kappa shape index (κ1) is 19.2. The molecule has 4 rings (SSSR count). The van der Waals surface area contributed by atoms with Gasteiger partial charge in [-0.05, 0) is 91.7 Å². The van der Waals surface area contributed by atoms with Gasteiger partial charge >= 0.3 is 0 Å². The van der Waals surface area contributed by atoms with Gasteiger partial charge in [0.15, 0.2) is 0 Å². The maximum atomic E-state index is 4.68. The van der Waals surface area contributed by atoms with Crippen LogP contribution in [0, 0.1) is 5.92 Å². The van der Waals surface area contributed by atoms with Crippen molar-refractivity contribution in [2.75, 3.05) is 18.0 Å². The van der Waals surface area contributed by atoms with Crippen LogP contribution in [-0.2, 0) is 6.42 Å². The van der Waals surface area contributed by atoms with E-state index >= 15 is 0 Å². The van der Waals surface area contributed by atoms with Crippen LogP contribution in [0.3, 0.4) is 0 Å². The summed E-state index contributed by atoms with van der Waals surface area (Å²) in [6.07, 6.45) is 13.1. The molecule has 2 heteroatoms. The third-order valence-corrected chi connectivity index (χ3v) is 6.42. The lowest BCUT2D eigenvalue weighted by atomic mass is 9.90. The minimum atomic E-state index is 0.636. The second kappa shape index (κ2) is 8.94. The first-order valence-corrected chi connectivity index (χ1v) is 11.3. The predicted octanol–water partition coefficient (Wildman–Crippen LogP) is 6.62. The normalized spacial score (nSPS) is 16.6. The van der Waals surface area contributed by atoms with Crippen LogP contribution in [0.1, 0.15) is 75.1 Å². The first-order chi connectivity index (χ1) is 13.8. The van der Waals surface area contributed by atoms with Crippen molar-refractivity contribution in [3.63, 3.8) is 0 Å². The van der Waals surface area contributed by atoms with Gasteiger partial charge in [0, 0.05) is 25.0 Å². The van der Waals surface area contributed by atoms with E-state index in [1.54, 1.807) is 0 Å². The van der Waals surface area contributed by atoms with Crippen molar-refractivity contribution in [1.29, 1.82) is 0 Å². The number of hydrogen-bond donors (Lipinski definition) is 0. The van der Waals surface area contributed by atoms with Gasteiger partial charge in [0.2, 0.25) is 0 Å². The molecule has 1 atom stereocenters. The zero-order valence-corrected chi connectivity index (χ0v) is 17.5. The molecule has 28 heavy (non-hydrogen) atoms. The van der Waals surface area contributed by atoms with Gasteiger partial charge in [-0.3, -0.25) is 4.98 Å². The molecule has 1 fully saturated rings. The molecule has 0 saturated heterocycles. The Kier molecular flexibility index (Phi) is 6.14. The monoisotopic (exact) mass is 374 g/mol. The molecule has 2 aliphatic carbocycles. The maximum absolute atomic E-state index is 4.68. The number of fused-ring (bicyclic) bond motifs is 1. The van der Waals surface area contributed by atoms with Gasteiger partial charge in [-0.25, -0.2) is 0 Å². The van der Waals surface area contributed by atoms with E-state index in [9.17, 15) is 0 Å². The smallest absolute Gasteiger partial charge is 0.0696 e. The van der Waals surface area contributed by atoms with Crippen LogP contribution in [0.2, 0.25) is 0 Å². The molecule has 0 aliphatic heterocycles. The van der Waals surface area contributed by atoms with Crippen molar-refractivity contribution in [3.8, 4) is 0 Å². The van der Waals surface area contributed by atoms with E-state index in [2.05, 4.69) is 66.2 Å². The lowest BCUT2D eigenvalue weighted by Crippen LogP contribution is -2.25. The average Bonchev–Trinajstić information content (AvgIpc) is 3.50. The van der Waals surface area contributed by atoms with Gasteiger partial charge in [0.1, 0.15) is 0 Å². The minimum Gasteiger partial charge on any atom is -0.372 e. The van der Waals surface area contributed by atoms with E-state index in [0.29, 0.717) is 5.92 Å². The van der Waals surface area contributed by atoms with Gasteiger partial charge in [-0.15, -0.1) is 0 Å². The number of hydrogen-bond acceptors (Lipinski definition) is 2. The number of aromatic nitrogens is 1. The summed E-state index contributed by atoms with van der Waals surface area (Å²) in [5.74, 6) is 1.48. The summed E-state index contributed by atoms with van der Waals surface area (Å²) in [5, 5.41) is 0. The third-order valence-electron chi connectivity index (χ3n) is 6.42. The van der Waals surface area contributed by atoms with Gasteiger partial charge in [-0.1, -0.05) is 38.1 Å². The number of nitrogens with zero attached hydrogens (tertiary/aromatic N) is 2. The Hall–Kier alpha value is -2.09. The van der Waals surface area contributed by atoms with Crippen molar-refractivity contribution in [2.45, 2.75) is 64.7 Å². The highest BCUT2D eigenvalue weighted by atomic mass is 15.1. The molecule has 0 amide bonds. The molecule has 1 unspecified atom stereocenters. The summed E-state index contributed by atoms with van der Waals surface area (Å²) in [6, 6.07) is 13.7. The predicted molar refractivity (Wildman–Crippen MR) is 120 cm³/mol. The minimum absolute atomic E-state index is 0.636. The lowest BCUT2D eigenvalue weighted by molar-refractivity contribution is 0.551. The van der Waals surface area contributed by atoms with Crippen LogP contribution in [0.4, 0.5) is 5.69 Å². The number of allylic oxidation sites excluding steroid dienone is 2. The Morgan fingerprint density at radius 3 is 2.61 bits per heavy atom. The summed E-state index contributed by atoms with van der Waals surface area (Å²) < 4.78 is 0. The quantitative estimate of drug-likeness (QED) is 0.464. The Morgan fingerprint density at radius 1 is 1.07 bits per heavy atom. The summed E-state index contributed by atoms with van der Waals surface area (Å²) in [4.78, 5) is 7.26. The summed E-state index contributed by atoms with van der Waals surface area (Å²) in [5.41, 5.74) is 7.08. The molecule has 0 bridgehead atoms. The highest BCUT2D eigenvalue weighted by Gasteiger charge is 2.24. The zero-order valence-electron chi connectivity index (χ0n) is 17.5. The Labute approximate surface area is 170 Å². The first-order valence-electron chi connectivity index (χ1n) is 11.3. The Balaban J connectivity index is 1.36. The molecular weight excluding hydrogens is 340 g/mol. The number of pyridine rings is 1. The largest absolute Gasteiger partial charge is 0.372 e. The lowest BCUT2D eigenvalue weighted by Gasteiger charge is -2.26. The second-order valence-electron chi connectivity index (χ2n) is 8.47. The van der Waals surface area contributed by atoms with E-state index in [-0.39, 0.29) is 0 Å². The Morgan fingerprint density at radius 2 is 1.89 bits per heavy atom. The van der Waals surface area contributed by atoms with Gasteiger partial charge in [-0.2, -0.15) is 0 Å². The highest BCUT2D eigenvalue weighted by Crippen LogP contribution is 2.40. The third kappa shape index (κ3) is 4.32. The second-order valence-corrected chi connectivity index (χ2v) is 8.47. The van der Waals surface area contributed by atoms with Crippen LogP contribution < -0.4 is 4.90 Å². The SMILES string of the molecule is CCCN(CCCC(CC)C1=CCc2cccnc21)c1ccc(C2CC2)cc1. The van der Waals surface area contributed by atoms with Crippen LogP contribution in [-0.4, -0.2) is 18.1 Å². The van der Waals surface area contributed by atoms with E-state index in [0.717, 1.165) is 25.4 Å². The average molecular weight is 375 g/mol. The van der Waals surface area contributed by atoms with Crippen molar-refractivity contribution in [2.24, 2.45) is 5.92 Å². The standard InChI is InChI=1S/C26H34N2/c1-3-18-28(24-14-11-22(12-15-24)21-9-10-21)19-6-8-20(4-2)25-16-13-23-7-5-17-27-26(23)25/h5,7,11-12,14-17,20-21H,3-4,6,8-10,13,18-19H2,1-2H3. The molecule has 148 valence electrons. The molecule has 2 aliphatic rings. The van der Waals surface area contributed by atoms with Crippen LogP contribution in [0.15, 0.2) is 48.7 Å². The van der Waals surface area contributed by atoms with E-state index < -0.39 is 0 Å². The van der Waals surface area contributed by atoms with Crippen LogP contribution >= 0.6 is 0 Å². The molecule has 2 nitrogen and oxygen atoms in total. The summed E-state index contributed by atoms with van der Waals surface area (Å²) in [6.45, 7) is 6.90. The zero-order chi connectivity index (χ0) is 19.3. The summed E-state index contributed by atoms with van der Waals surface area (Å²) in [7, 11) is 0. The molecule has 1 aromatic carbocycles. The van der Waals surface area contributed by atoms with E-state index in [1.165, 1.54) is 66.6 Å². The van der Waals surface area contributed by atoms with E-state index in [4.69, 9.17) is 0 Å². The molecule has 0 radical (unpaired) electrons. The van der Waals surface area contributed by atoms with Crippen molar-refractivity contribution in [1.82, 2.24) is 4.98 Å². The van der Waals surface area contributed by atoms with E-state index in [1.807, 2.05) is 6.20 Å². The molecule has 1 saturated carbocycles. The molecule has 2 aromatic rings.